The van der Waals surface area contributed by atoms with Gasteiger partial charge in [-0.2, -0.15) is 0 Å². The number of methoxy groups -OCH3 is 1. The Hall–Kier alpha value is 0.243. The molecule has 1 nitrogen and oxygen atoms in total. The number of hydrogen-bond donors (Lipinski definition) is 0. The Bertz CT molecular complexity index is 165. The van der Waals surface area contributed by atoms with Crippen LogP contribution in [0.15, 0.2) is 12.2 Å². The Kier molecular flexibility index (Phi) is 8.54. The predicted molar refractivity (Wildman–Crippen MR) is 72.2 cm³/mol. The summed E-state index contributed by atoms with van der Waals surface area (Å²) in [7, 11) is 1.78. The molecule has 0 spiro atoms. The third-order valence-corrected chi connectivity index (χ3v) is 15.6. The van der Waals surface area contributed by atoms with Crippen molar-refractivity contribution in [2.45, 2.75) is 61.2 Å². The van der Waals surface area contributed by atoms with Crippen molar-refractivity contribution in [1.82, 2.24) is 0 Å². The van der Waals surface area contributed by atoms with Gasteiger partial charge in [0.25, 0.3) is 0 Å². The number of ether oxygens (including phenoxy) is 1. The number of hydrogen-bond acceptors (Lipinski definition) is 1. The van der Waals surface area contributed by atoms with Gasteiger partial charge < -0.3 is 0 Å². The van der Waals surface area contributed by atoms with Crippen molar-refractivity contribution in [2.75, 3.05) is 7.11 Å². The molecule has 0 aliphatic heterocycles. The van der Waals surface area contributed by atoms with E-state index in [0.717, 1.165) is 6.42 Å². The topological polar surface area (TPSA) is 9.23 Å². The third-order valence-electron chi connectivity index (χ3n) is 3.84. The molecule has 0 aromatic carbocycles. The molecule has 0 aliphatic rings. The van der Waals surface area contributed by atoms with Crippen LogP contribution in [0, 0.1) is 0 Å². The van der Waals surface area contributed by atoms with Gasteiger partial charge in [-0.3, -0.25) is 0 Å². The zero-order valence-corrected chi connectivity index (χ0v) is 13.3. The molecule has 0 heterocycles. The van der Waals surface area contributed by atoms with Crippen molar-refractivity contribution in [2.24, 2.45) is 0 Å². The molecule has 2 heteroatoms. The van der Waals surface area contributed by atoms with Crippen LogP contribution in [-0.4, -0.2) is 26.5 Å². The monoisotopic (exact) mass is 274 g/mol. The Morgan fingerprint density at radius 2 is 1.60 bits per heavy atom. The molecule has 0 saturated carbocycles. The second kappa shape index (κ2) is 8.40. The van der Waals surface area contributed by atoms with Gasteiger partial charge in [0.05, 0.1) is 0 Å². The van der Waals surface area contributed by atoms with Gasteiger partial charge in [0, 0.05) is 0 Å². The summed E-state index contributed by atoms with van der Waals surface area (Å²) < 4.78 is 5.23. The second-order valence-corrected chi connectivity index (χ2v) is 16.1. The van der Waals surface area contributed by atoms with E-state index in [1.807, 2.05) is 0 Å². The zero-order valence-electron chi connectivity index (χ0n) is 11.2. The van der Waals surface area contributed by atoms with Crippen molar-refractivity contribution in [3.05, 3.63) is 12.2 Å². The molecule has 0 saturated heterocycles. The summed E-state index contributed by atoms with van der Waals surface area (Å²) in [5.41, 5.74) is 0. The maximum atomic E-state index is 5.23. The van der Waals surface area contributed by atoms with Crippen molar-refractivity contribution in [3.63, 3.8) is 0 Å². The van der Waals surface area contributed by atoms with Gasteiger partial charge in [0.1, 0.15) is 0 Å². The molecule has 15 heavy (non-hydrogen) atoms. The first-order valence-electron chi connectivity index (χ1n) is 6.31. The fourth-order valence-electron chi connectivity index (χ4n) is 1.90. The Morgan fingerprint density at radius 1 is 1.07 bits per heavy atom. The molecular weight excluding hydrogens is 245 g/mol. The van der Waals surface area contributed by atoms with Crippen LogP contribution in [0.25, 0.3) is 0 Å². The van der Waals surface area contributed by atoms with E-state index in [-0.39, 0.29) is 0 Å². The molecule has 0 aromatic rings. The van der Waals surface area contributed by atoms with Gasteiger partial charge in [0.15, 0.2) is 0 Å². The number of allylic oxidation sites excluding steroid dienone is 1. The summed E-state index contributed by atoms with van der Waals surface area (Å²) in [6.45, 7) is 9.29. The minimum atomic E-state index is -1.44. The molecule has 0 aromatic heterocycles. The molecule has 0 aliphatic carbocycles. The van der Waals surface area contributed by atoms with Crippen LogP contribution in [0.3, 0.4) is 0 Å². The SMILES string of the molecule is C[CH2][Ge]([CH2]C)([CH2]C)[CH2]/C=C/C[C@@H](C)OC. The second-order valence-electron chi connectivity index (χ2n) is 4.52. The number of rotatable bonds is 8. The van der Waals surface area contributed by atoms with E-state index in [0.29, 0.717) is 6.10 Å². The Labute approximate surface area is 98.6 Å². The van der Waals surface area contributed by atoms with E-state index < -0.39 is 13.3 Å². The van der Waals surface area contributed by atoms with E-state index in [1.165, 1.54) is 21.0 Å². The van der Waals surface area contributed by atoms with E-state index in [2.05, 4.69) is 39.8 Å². The predicted octanol–water partition coefficient (Wildman–Crippen LogP) is 4.48. The molecule has 0 unspecified atom stereocenters. The van der Waals surface area contributed by atoms with Gasteiger partial charge in [-0.25, -0.2) is 0 Å². The van der Waals surface area contributed by atoms with Crippen LogP contribution >= 0.6 is 0 Å². The molecule has 0 N–H and O–H groups in total. The van der Waals surface area contributed by atoms with E-state index >= 15 is 0 Å². The third kappa shape index (κ3) is 5.77. The van der Waals surface area contributed by atoms with Crippen LogP contribution < -0.4 is 0 Å². The van der Waals surface area contributed by atoms with E-state index in [4.69, 9.17) is 4.74 Å². The molecule has 1 atom stereocenters. The fraction of sp³-hybridized carbons (Fsp3) is 0.846. The Morgan fingerprint density at radius 3 is 2.00 bits per heavy atom. The van der Waals surface area contributed by atoms with Crippen LogP contribution in [-0.2, 0) is 4.74 Å². The first-order valence-corrected chi connectivity index (χ1v) is 12.2. The van der Waals surface area contributed by atoms with Crippen molar-refractivity contribution in [1.29, 1.82) is 0 Å². The summed E-state index contributed by atoms with van der Waals surface area (Å²) in [5, 5.41) is 5.81. The van der Waals surface area contributed by atoms with Gasteiger partial charge in [-0.05, 0) is 0 Å². The van der Waals surface area contributed by atoms with Crippen molar-refractivity contribution in [3.8, 4) is 0 Å². The summed E-state index contributed by atoms with van der Waals surface area (Å²) in [6, 6.07) is 0. The molecule has 0 rings (SSSR count). The summed E-state index contributed by atoms with van der Waals surface area (Å²) in [6.07, 6.45) is 6.17. The standard InChI is InChI=1S/C13H28GeO/c1-6-14(7-2,8-3)12-10-9-11-13(4)15-5/h9-10,13H,6-8,11-12H2,1-5H3/b10-9+/t13-/m1/s1. The average Bonchev–Trinajstić information content (AvgIpc) is 2.30. The van der Waals surface area contributed by atoms with Crippen LogP contribution in [0.5, 0.6) is 0 Å². The first kappa shape index (κ1) is 15.2. The molecular formula is C13H28GeO. The van der Waals surface area contributed by atoms with Crippen LogP contribution in [0.4, 0.5) is 0 Å². The van der Waals surface area contributed by atoms with E-state index in [9.17, 15) is 0 Å². The van der Waals surface area contributed by atoms with Crippen molar-refractivity contribution < 1.29 is 4.74 Å². The van der Waals surface area contributed by atoms with Crippen molar-refractivity contribution >= 4 is 13.3 Å². The summed E-state index contributed by atoms with van der Waals surface area (Å²) in [4.78, 5) is 0. The maximum absolute atomic E-state index is 5.23. The summed E-state index contributed by atoms with van der Waals surface area (Å²) >= 11 is -1.44. The fourth-order valence-corrected chi connectivity index (χ4v) is 8.26. The van der Waals surface area contributed by atoms with Gasteiger partial charge in [-0.15, -0.1) is 0 Å². The Balaban J connectivity index is 3.99. The van der Waals surface area contributed by atoms with Gasteiger partial charge >= 0.3 is 98.5 Å². The zero-order chi connectivity index (χ0) is 11.7. The minimum absolute atomic E-state index is 0.369. The molecule has 0 fully saturated rings. The first-order chi connectivity index (χ1) is 7.14. The molecule has 0 bridgehead atoms. The van der Waals surface area contributed by atoms with Gasteiger partial charge in [-0.1, -0.05) is 0 Å². The van der Waals surface area contributed by atoms with Crippen LogP contribution in [0.1, 0.15) is 34.1 Å². The average molecular weight is 273 g/mol. The van der Waals surface area contributed by atoms with Gasteiger partial charge in [0.2, 0.25) is 0 Å². The van der Waals surface area contributed by atoms with Crippen LogP contribution in [0.2, 0.25) is 21.0 Å². The normalized spacial score (nSPS) is 14.7. The molecule has 0 amide bonds. The molecule has 90 valence electrons. The quantitative estimate of drug-likeness (QED) is 0.468. The molecule has 0 radical (unpaired) electrons. The van der Waals surface area contributed by atoms with E-state index in [1.54, 1.807) is 7.11 Å². The summed E-state index contributed by atoms with van der Waals surface area (Å²) in [5.74, 6) is 0.